The predicted molar refractivity (Wildman–Crippen MR) is 31.3 cm³/mol. The molecule has 3 N–H and O–H groups in total. The largest absolute Gasteiger partial charge is 2.00 e. The van der Waals surface area contributed by atoms with Crippen LogP contribution in [-0.4, -0.2) is 75.5 Å². The van der Waals surface area contributed by atoms with E-state index in [0.29, 0.717) is 0 Å². The van der Waals surface area contributed by atoms with E-state index in [2.05, 4.69) is 0 Å². The summed E-state index contributed by atoms with van der Waals surface area (Å²) in [5.74, 6) is 0. The molecule has 8 heteroatoms. The van der Waals surface area contributed by atoms with Crippen molar-refractivity contribution in [3.8, 4) is 0 Å². The Hall–Kier alpha value is 3.14. The van der Waals surface area contributed by atoms with Crippen LogP contribution in [0.3, 0.4) is 0 Å². The molecule has 0 radical (unpaired) electrons. The molecular weight excluding hydrogens is 182 g/mol. The second-order valence-electron chi connectivity index (χ2n) is 0.513. The average Bonchev–Trinajstić information content (AvgIpc) is 0.722. The van der Waals surface area contributed by atoms with E-state index in [1.54, 1.807) is 0 Å². The van der Waals surface area contributed by atoms with E-state index in [1.807, 2.05) is 0 Å². The van der Waals surface area contributed by atoms with Gasteiger partial charge in [0.25, 0.3) is 0 Å². The van der Waals surface area contributed by atoms with Gasteiger partial charge in [0.05, 0.1) is 0 Å². The molecule has 0 saturated carbocycles. The van der Waals surface area contributed by atoms with Crippen molar-refractivity contribution in [2.24, 2.45) is 0 Å². The summed E-state index contributed by atoms with van der Waals surface area (Å²) < 4.78 is 8.88. The van der Waals surface area contributed by atoms with E-state index in [-0.39, 0.29) is 97.5 Å². The van der Waals surface area contributed by atoms with E-state index in [1.165, 1.54) is 0 Å². The van der Waals surface area contributed by atoms with Gasteiger partial charge >= 0.3 is 98.2 Å². The molecule has 0 aromatic heterocycles. The Balaban J connectivity index is -0.00000000286. The van der Waals surface area contributed by atoms with Gasteiger partial charge in [-0.1, -0.05) is 0 Å². The van der Waals surface area contributed by atoms with Crippen molar-refractivity contribution in [3.63, 3.8) is 0 Å². The summed E-state index contributed by atoms with van der Waals surface area (Å²) >= 11 is 0. The topological polar surface area (TPSA) is 77.8 Å². The Bertz CT molecular complexity index is 74.7. The van der Waals surface area contributed by atoms with Crippen molar-refractivity contribution >= 4 is 68.6 Å². The van der Waals surface area contributed by atoms with Gasteiger partial charge in [-0.05, 0) is 0 Å². The first-order valence-corrected chi connectivity index (χ1v) is 2.35. The standard InChI is InChI=1S/Ca.Mg.Na.H3O4P.5H/c;;;1-5(2,3)4;;;;;/h;;;(H3,1,2,3,4);;;;;/q2*+2;+1;;5*-1. The molecule has 8 heavy (non-hydrogen) atoms. The summed E-state index contributed by atoms with van der Waals surface area (Å²) in [5, 5.41) is 0. The summed E-state index contributed by atoms with van der Waals surface area (Å²) in [6.07, 6.45) is 0. The summed E-state index contributed by atoms with van der Waals surface area (Å²) in [6.45, 7) is 0. The van der Waals surface area contributed by atoms with Crippen LogP contribution >= 0.6 is 7.82 Å². The van der Waals surface area contributed by atoms with Crippen molar-refractivity contribution in [2.75, 3.05) is 0 Å². The summed E-state index contributed by atoms with van der Waals surface area (Å²) in [4.78, 5) is 21.6. The van der Waals surface area contributed by atoms with Crippen molar-refractivity contribution < 1.29 is 55.9 Å². The zero-order chi connectivity index (χ0) is 4.50. The number of phosphoric acid groups is 1. The molecule has 0 amide bonds. The third-order valence-corrected chi connectivity index (χ3v) is 0. The third kappa shape index (κ3) is 61.5. The van der Waals surface area contributed by atoms with Gasteiger partial charge in [0.1, 0.15) is 0 Å². The quantitative estimate of drug-likeness (QED) is 0.268. The summed E-state index contributed by atoms with van der Waals surface area (Å²) in [5.41, 5.74) is 0. The molecule has 0 aliphatic carbocycles. The zero-order valence-electron chi connectivity index (χ0n) is 9.61. The first-order valence-electron chi connectivity index (χ1n) is 0.783. The smallest absolute Gasteiger partial charge is 1.00 e. The van der Waals surface area contributed by atoms with Gasteiger partial charge in [-0.2, -0.15) is 0 Å². The van der Waals surface area contributed by atoms with Gasteiger partial charge in [0.2, 0.25) is 0 Å². The fourth-order valence-corrected chi connectivity index (χ4v) is 0. The Kier molecular flexibility index (Phi) is 28.5. The van der Waals surface area contributed by atoms with Crippen LogP contribution in [-0.2, 0) is 4.57 Å². The minimum Gasteiger partial charge on any atom is -1.00 e. The van der Waals surface area contributed by atoms with Gasteiger partial charge in [-0.15, -0.1) is 0 Å². The molecule has 0 saturated heterocycles. The number of hydrogen-bond donors (Lipinski definition) is 3. The molecule has 0 atom stereocenters. The molecule has 0 fully saturated rings. The molecule has 0 rings (SSSR count). The molecule has 0 aliphatic heterocycles. The fraction of sp³-hybridized carbons (Fsp3) is 0. The second kappa shape index (κ2) is 10.1. The van der Waals surface area contributed by atoms with Crippen LogP contribution in [0.4, 0.5) is 0 Å². The Labute approximate surface area is 123 Å². The molecule has 4 nitrogen and oxygen atoms in total. The molecule has 0 unspecified atom stereocenters. The van der Waals surface area contributed by atoms with Crippen LogP contribution in [0.1, 0.15) is 7.13 Å². The molecular formula is H8CaMgNaO4P. The summed E-state index contributed by atoms with van der Waals surface area (Å²) in [7, 11) is -4.64. The van der Waals surface area contributed by atoms with Crippen molar-refractivity contribution in [2.45, 2.75) is 0 Å². The summed E-state index contributed by atoms with van der Waals surface area (Å²) in [6, 6.07) is 0. The normalized spacial score (nSPS) is 7.38. The van der Waals surface area contributed by atoms with E-state index in [0.717, 1.165) is 0 Å². The minimum absolute atomic E-state index is 0. The third-order valence-electron chi connectivity index (χ3n) is 0. The Morgan fingerprint density at radius 1 is 1.25 bits per heavy atom. The molecule has 0 aromatic carbocycles. The van der Waals surface area contributed by atoms with Gasteiger partial charge < -0.3 is 21.8 Å². The van der Waals surface area contributed by atoms with Crippen LogP contribution in [0, 0.1) is 0 Å². The van der Waals surface area contributed by atoms with E-state index >= 15 is 0 Å². The maximum atomic E-state index is 8.88. The predicted octanol–water partition coefficient (Wildman–Crippen LogP) is -4.12. The van der Waals surface area contributed by atoms with Crippen LogP contribution in [0.15, 0.2) is 0 Å². The number of rotatable bonds is 0. The number of hydrogen-bond acceptors (Lipinski definition) is 1. The first-order chi connectivity index (χ1) is 2.00. The van der Waals surface area contributed by atoms with Gasteiger partial charge in [0, 0.05) is 0 Å². The SMILES string of the molecule is O=P(O)(O)O.[Ca+2].[H-].[H-].[H-].[H-].[H-].[Mg+2].[Na+]. The van der Waals surface area contributed by atoms with Crippen LogP contribution in [0.25, 0.3) is 0 Å². The van der Waals surface area contributed by atoms with Gasteiger partial charge in [-0.3, -0.25) is 0 Å². The monoisotopic (exact) mass is 190 g/mol. The molecule has 0 spiro atoms. The second-order valence-corrected chi connectivity index (χ2v) is 1.54. The molecule has 0 heterocycles. The van der Waals surface area contributed by atoms with Crippen LogP contribution in [0.5, 0.6) is 0 Å². The van der Waals surface area contributed by atoms with Gasteiger partial charge in [0.15, 0.2) is 0 Å². The molecule has 0 bridgehead atoms. The van der Waals surface area contributed by atoms with E-state index in [9.17, 15) is 0 Å². The first kappa shape index (κ1) is 22.5. The maximum Gasteiger partial charge on any atom is 2.00 e. The molecule has 42 valence electrons. The maximum absolute atomic E-state index is 8.88. The van der Waals surface area contributed by atoms with Crippen molar-refractivity contribution in [1.82, 2.24) is 0 Å². The molecule has 0 aliphatic rings. The minimum atomic E-state index is -4.64. The van der Waals surface area contributed by atoms with Crippen molar-refractivity contribution in [1.29, 1.82) is 0 Å². The Morgan fingerprint density at radius 3 is 1.25 bits per heavy atom. The average molecular weight is 190 g/mol. The van der Waals surface area contributed by atoms with Crippen LogP contribution < -0.4 is 29.6 Å². The fourth-order valence-electron chi connectivity index (χ4n) is 0. The Morgan fingerprint density at radius 2 is 1.25 bits per heavy atom. The zero-order valence-corrected chi connectivity index (χ0v) is 11.1. The van der Waals surface area contributed by atoms with Gasteiger partial charge in [-0.25, -0.2) is 4.57 Å². The van der Waals surface area contributed by atoms with Crippen molar-refractivity contribution in [3.05, 3.63) is 0 Å². The molecule has 0 aromatic rings. The van der Waals surface area contributed by atoms with Crippen LogP contribution in [0.2, 0.25) is 0 Å². The van der Waals surface area contributed by atoms with E-state index < -0.39 is 7.82 Å². The van der Waals surface area contributed by atoms with E-state index in [4.69, 9.17) is 19.2 Å².